The SMILES string of the molecule is O=c1[nH]c(-c2ccc(N(O)O)cc2)nc2ccc(NO)cc12. The minimum atomic E-state index is -0.341. The van der Waals surface area contributed by atoms with E-state index < -0.39 is 0 Å². The van der Waals surface area contributed by atoms with Crippen molar-refractivity contribution in [1.29, 1.82) is 0 Å². The zero-order valence-electron chi connectivity index (χ0n) is 11.2. The van der Waals surface area contributed by atoms with Gasteiger partial charge in [-0.2, -0.15) is 0 Å². The summed E-state index contributed by atoms with van der Waals surface area (Å²) in [5.74, 6) is 0.358. The van der Waals surface area contributed by atoms with Gasteiger partial charge in [-0.25, -0.2) is 4.98 Å². The number of H-pyrrole nitrogens is 1. The van der Waals surface area contributed by atoms with Crippen molar-refractivity contribution in [2.75, 3.05) is 10.7 Å². The minimum Gasteiger partial charge on any atom is -0.306 e. The Morgan fingerprint density at radius 2 is 1.82 bits per heavy atom. The molecule has 8 heteroatoms. The van der Waals surface area contributed by atoms with Gasteiger partial charge >= 0.3 is 0 Å². The van der Waals surface area contributed by atoms with Crippen molar-refractivity contribution in [2.24, 2.45) is 0 Å². The van der Waals surface area contributed by atoms with E-state index in [1.807, 2.05) is 5.48 Å². The molecule has 8 nitrogen and oxygen atoms in total. The molecule has 2 aromatic carbocycles. The first kappa shape index (κ1) is 14.0. The smallest absolute Gasteiger partial charge is 0.259 e. The second-order valence-electron chi connectivity index (χ2n) is 4.59. The first-order valence-corrected chi connectivity index (χ1v) is 6.31. The van der Waals surface area contributed by atoms with Gasteiger partial charge in [-0.1, -0.05) is 0 Å². The van der Waals surface area contributed by atoms with E-state index in [1.165, 1.54) is 18.2 Å². The quantitative estimate of drug-likeness (QED) is 0.469. The monoisotopic (exact) mass is 300 g/mol. The second-order valence-corrected chi connectivity index (χ2v) is 4.59. The summed E-state index contributed by atoms with van der Waals surface area (Å²) in [5.41, 5.74) is 3.31. The Balaban J connectivity index is 2.10. The molecule has 3 rings (SSSR count). The third-order valence-electron chi connectivity index (χ3n) is 3.21. The number of aromatic nitrogens is 2. The molecule has 0 unspecified atom stereocenters. The molecular formula is C14H12N4O4. The van der Waals surface area contributed by atoms with Crippen LogP contribution in [0.15, 0.2) is 47.3 Å². The number of fused-ring (bicyclic) bond motifs is 1. The number of hydrogen-bond acceptors (Lipinski definition) is 7. The molecule has 0 spiro atoms. The number of hydrogen-bond donors (Lipinski definition) is 5. The number of benzene rings is 2. The average molecular weight is 300 g/mol. The maximum Gasteiger partial charge on any atom is 0.259 e. The fraction of sp³-hybridized carbons (Fsp3) is 0. The van der Waals surface area contributed by atoms with Gasteiger partial charge in [0, 0.05) is 5.56 Å². The lowest BCUT2D eigenvalue weighted by Gasteiger charge is -2.09. The van der Waals surface area contributed by atoms with Crippen LogP contribution in [0.2, 0.25) is 0 Å². The Morgan fingerprint density at radius 1 is 1.09 bits per heavy atom. The van der Waals surface area contributed by atoms with Crippen molar-refractivity contribution in [1.82, 2.24) is 9.97 Å². The van der Waals surface area contributed by atoms with E-state index in [0.29, 0.717) is 28.0 Å². The highest BCUT2D eigenvalue weighted by molar-refractivity contribution is 5.82. The van der Waals surface area contributed by atoms with E-state index in [4.69, 9.17) is 15.6 Å². The second kappa shape index (κ2) is 5.45. The third-order valence-corrected chi connectivity index (χ3v) is 3.21. The summed E-state index contributed by atoms with van der Waals surface area (Å²) in [5, 5.41) is 27.0. The molecule has 3 aromatic rings. The summed E-state index contributed by atoms with van der Waals surface area (Å²) in [6.07, 6.45) is 0. The third kappa shape index (κ3) is 2.49. The lowest BCUT2D eigenvalue weighted by atomic mass is 10.1. The summed E-state index contributed by atoms with van der Waals surface area (Å²) in [4.78, 5) is 19.1. The summed E-state index contributed by atoms with van der Waals surface area (Å²) in [6.45, 7) is 0. The van der Waals surface area contributed by atoms with E-state index in [2.05, 4.69) is 9.97 Å². The van der Waals surface area contributed by atoms with Crippen LogP contribution >= 0.6 is 0 Å². The van der Waals surface area contributed by atoms with Crippen LogP contribution in [0, 0.1) is 0 Å². The van der Waals surface area contributed by atoms with E-state index in [9.17, 15) is 4.79 Å². The molecule has 1 aromatic heterocycles. The van der Waals surface area contributed by atoms with Crippen LogP contribution in [-0.2, 0) is 0 Å². The van der Waals surface area contributed by atoms with E-state index in [0.717, 1.165) is 0 Å². The van der Waals surface area contributed by atoms with Crippen LogP contribution in [0.25, 0.3) is 22.3 Å². The molecule has 5 N–H and O–H groups in total. The molecule has 0 bridgehead atoms. The number of anilines is 2. The van der Waals surface area contributed by atoms with Crippen LogP contribution < -0.4 is 16.3 Å². The summed E-state index contributed by atoms with van der Waals surface area (Å²) in [6, 6.07) is 10.8. The zero-order chi connectivity index (χ0) is 15.7. The average Bonchev–Trinajstić information content (AvgIpc) is 2.54. The number of aromatic amines is 1. The molecule has 0 saturated carbocycles. The predicted molar refractivity (Wildman–Crippen MR) is 79.3 cm³/mol. The Labute approximate surface area is 123 Å². The molecule has 0 fully saturated rings. The van der Waals surface area contributed by atoms with Crippen LogP contribution in [-0.4, -0.2) is 25.6 Å². The van der Waals surface area contributed by atoms with Crippen molar-refractivity contribution >= 4 is 22.3 Å². The zero-order valence-corrected chi connectivity index (χ0v) is 11.2. The summed E-state index contributed by atoms with van der Waals surface area (Å²) >= 11 is 0. The van der Waals surface area contributed by atoms with Gasteiger partial charge in [-0.15, -0.1) is 5.23 Å². The van der Waals surface area contributed by atoms with Crippen LogP contribution in [0.1, 0.15) is 0 Å². The van der Waals surface area contributed by atoms with Crippen LogP contribution in [0.5, 0.6) is 0 Å². The van der Waals surface area contributed by atoms with E-state index in [-0.39, 0.29) is 16.5 Å². The molecule has 112 valence electrons. The van der Waals surface area contributed by atoms with Crippen molar-refractivity contribution in [3.8, 4) is 11.4 Å². The fourth-order valence-electron chi connectivity index (χ4n) is 2.10. The molecule has 22 heavy (non-hydrogen) atoms. The van der Waals surface area contributed by atoms with Crippen molar-refractivity contribution in [2.45, 2.75) is 0 Å². The predicted octanol–water partition coefficient (Wildman–Crippen LogP) is 1.98. The molecule has 0 amide bonds. The summed E-state index contributed by atoms with van der Waals surface area (Å²) in [7, 11) is 0. The number of rotatable bonds is 3. The Hall–Kier alpha value is -2.94. The van der Waals surface area contributed by atoms with E-state index >= 15 is 0 Å². The largest absolute Gasteiger partial charge is 0.306 e. The van der Waals surface area contributed by atoms with Gasteiger partial charge in [0.2, 0.25) is 0 Å². The fourth-order valence-corrected chi connectivity index (χ4v) is 2.10. The number of nitrogens with one attached hydrogen (secondary N) is 2. The minimum absolute atomic E-state index is 0.00373. The van der Waals surface area contributed by atoms with E-state index in [1.54, 1.807) is 24.3 Å². The molecule has 0 atom stereocenters. The molecule has 1 heterocycles. The Bertz CT molecular complexity index is 874. The maximum atomic E-state index is 12.1. The molecule has 0 aliphatic heterocycles. The van der Waals surface area contributed by atoms with Crippen molar-refractivity contribution in [3.05, 3.63) is 52.8 Å². The normalized spacial score (nSPS) is 10.7. The van der Waals surface area contributed by atoms with Crippen LogP contribution in [0.3, 0.4) is 0 Å². The van der Waals surface area contributed by atoms with Gasteiger partial charge in [0.1, 0.15) is 5.82 Å². The van der Waals surface area contributed by atoms with Gasteiger partial charge in [-0.3, -0.25) is 25.9 Å². The number of nitrogens with zero attached hydrogens (tertiary/aromatic N) is 2. The van der Waals surface area contributed by atoms with Gasteiger partial charge in [-0.05, 0) is 42.5 Å². The van der Waals surface area contributed by atoms with Gasteiger partial charge in [0.15, 0.2) is 0 Å². The lowest BCUT2D eigenvalue weighted by molar-refractivity contribution is 0.0292. The lowest BCUT2D eigenvalue weighted by Crippen LogP contribution is -2.11. The Morgan fingerprint density at radius 3 is 2.45 bits per heavy atom. The molecule has 0 saturated heterocycles. The maximum absolute atomic E-state index is 12.1. The molecule has 0 aliphatic carbocycles. The first-order valence-electron chi connectivity index (χ1n) is 6.31. The highest BCUT2D eigenvalue weighted by Gasteiger charge is 2.07. The van der Waals surface area contributed by atoms with Gasteiger partial charge in [0.25, 0.3) is 5.56 Å². The topological polar surface area (TPSA) is 122 Å². The molecular weight excluding hydrogens is 288 g/mol. The van der Waals surface area contributed by atoms with Gasteiger partial charge < -0.3 is 4.98 Å². The van der Waals surface area contributed by atoms with Gasteiger partial charge in [0.05, 0.1) is 22.3 Å². The Kier molecular flexibility index (Phi) is 3.47. The summed E-state index contributed by atoms with van der Waals surface area (Å²) < 4.78 is 0. The molecule has 0 radical (unpaired) electrons. The first-order chi connectivity index (χ1) is 10.6. The van der Waals surface area contributed by atoms with Crippen molar-refractivity contribution < 1.29 is 15.6 Å². The molecule has 0 aliphatic rings. The standard InChI is InChI=1S/C14H12N4O4/c19-14-11-7-9(17-20)3-6-12(11)15-13(16-14)8-1-4-10(5-2-8)18(21)22/h1-7,17,20-22H,(H,15,16,19). The highest BCUT2D eigenvalue weighted by Crippen LogP contribution is 2.21. The highest BCUT2D eigenvalue weighted by atomic mass is 16.8. The van der Waals surface area contributed by atoms with Crippen molar-refractivity contribution in [3.63, 3.8) is 0 Å². The van der Waals surface area contributed by atoms with Crippen LogP contribution in [0.4, 0.5) is 11.4 Å².